The summed E-state index contributed by atoms with van der Waals surface area (Å²) in [4.78, 5) is 19.8. The quantitative estimate of drug-likeness (QED) is 0.380. The smallest absolute Gasteiger partial charge is 0.393 e. The van der Waals surface area contributed by atoms with Gasteiger partial charge in [0, 0.05) is 11.3 Å². The number of hydrogen-bond donors (Lipinski definition) is 4. The summed E-state index contributed by atoms with van der Waals surface area (Å²) in [5.41, 5.74) is 10.2. The van der Waals surface area contributed by atoms with Crippen LogP contribution >= 0.6 is 0 Å². The van der Waals surface area contributed by atoms with Crippen LogP contribution < -0.4 is 21.9 Å². The van der Waals surface area contributed by atoms with Gasteiger partial charge in [-0.3, -0.25) is 15.6 Å². The third-order valence-electron chi connectivity index (χ3n) is 3.74. The van der Waals surface area contributed by atoms with E-state index in [1.54, 1.807) is 0 Å². The van der Waals surface area contributed by atoms with Crippen LogP contribution in [-0.4, -0.2) is 15.9 Å². The second-order valence-corrected chi connectivity index (χ2v) is 5.77. The number of alkyl halides is 3. The Morgan fingerprint density at radius 3 is 2.38 bits per heavy atom. The fourth-order valence-corrected chi connectivity index (χ4v) is 2.29. The molecular weight excluding hydrogens is 392 g/mol. The van der Waals surface area contributed by atoms with Gasteiger partial charge in [-0.05, 0) is 42.5 Å². The number of carbonyl (C=O) groups excluding carboxylic acids is 1. The summed E-state index contributed by atoms with van der Waals surface area (Å²) >= 11 is 0. The van der Waals surface area contributed by atoms with Gasteiger partial charge in [0.1, 0.15) is 17.8 Å². The minimum Gasteiger partial charge on any atom is -0.393 e. The molecule has 0 aliphatic heterocycles. The number of nitrogens with zero attached hydrogens (tertiary/aromatic N) is 2. The van der Waals surface area contributed by atoms with Crippen molar-refractivity contribution in [3.8, 4) is 0 Å². The summed E-state index contributed by atoms with van der Waals surface area (Å²) in [6, 6.07) is 9.34. The van der Waals surface area contributed by atoms with E-state index in [1.807, 2.05) is 0 Å². The van der Waals surface area contributed by atoms with Gasteiger partial charge in [0.2, 0.25) is 0 Å². The van der Waals surface area contributed by atoms with Crippen LogP contribution in [0.2, 0.25) is 0 Å². The topological polar surface area (TPSA) is 105 Å². The number of halogens is 4. The second-order valence-electron chi connectivity index (χ2n) is 5.77. The summed E-state index contributed by atoms with van der Waals surface area (Å²) in [5, 5.41) is 2.68. The van der Waals surface area contributed by atoms with Crippen molar-refractivity contribution in [2.24, 2.45) is 0 Å². The highest BCUT2D eigenvalue weighted by Gasteiger charge is 2.30. The molecule has 2 aromatic carbocycles. The molecule has 1 amide bonds. The second kappa shape index (κ2) is 8.00. The first kappa shape index (κ1) is 19.9. The number of rotatable bonds is 5. The van der Waals surface area contributed by atoms with E-state index in [0.717, 1.165) is 30.6 Å². The number of nitrogen functional groups attached to an aromatic ring is 1. The van der Waals surface area contributed by atoms with Gasteiger partial charge in [-0.2, -0.15) is 13.2 Å². The maximum atomic E-state index is 12.9. The number of hydrogen-bond acceptors (Lipinski definition) is 6. The van der Waals surface area contributed by atoms with Crippen LogP contribution in [0.25, 0.3) is 0 Å². The predicted molar refractivity (Wildman–Crippen MR) is 98.7 cm³/mol. The van der Waals surface area contributed by atoms with Crippen molar-refractivity contribution in [1.82, 2.24) is 15.4 Å². The first-order valence-electron chi connectivity index (χ1n) is 8.11. The Labute approximate surface area is 161 Å². The van der Waals surface area contributed by atoms with E-state index in [2.05, 4.69) is 26.1 Å². The normalized spacial score (nSPS) is 11.0. The average molecular weight is 406 g/mol. The number of carbonyl (C=O) groups is 1. The Morgan fingerprint density at radius 2 is 1.69 bits per heavy atom. The summed E-state index contributed by atoms with van der Waals surface area (Å²) in [7, 11) is 0. The number of amides is 1. The molecule has 0 aliphatic rings. The summed E-state index contributed by atoms with van der Waals surface area (Å²) in [5.74, 6) is -1.00. The minimum atomic E-state index is -4.49. The van der Waals surface area contributed by atoms with Gasteiger partial charge >= 0.3 is 6.18 Å². The van der Waals surface area contributed by atoms with Crippen molar-refractivity contribution in [3.05, 3.63) is 71.8 Å². The largest absolute Gasteiger partial charge is 0.416 e. The van der Waals surface area contributed by atoms with E-state index >= 15 is 0 Å². The number of nitrogens with one attached hydrogen (secondary N) is 3. The van der Waals surface area contributed by atoms with Gasteiger partial charge < -0.3 is 11.1 Å². The lowest BCUT2D eigenvalue weighted by molar-refractivity contribution is -0.137. The molecule has 0 aliphatic carbocycles. The molecule has 0 radical (unpaired) electrons. The Bertz CT molecular complexity index is 1020. The summed E-state index contributed by atoms with van der Waals surface area (Å²) < 4.78 is 51.4. The van der Waals surface area contributed by atoms with Crippen LogP contribution in [-0.2, 0) is 6.18 Å². The van der Waals surface area contributed by atoms with Gasteiger partial charge in [-0.15, -0.1) is 0 Å². The molecule has 0 bridgehead atoms. The van der Waals surface area contributed by atoms with Crippen molar-refractivity contribution >= 4 is 28.9 Å². The van der Waals surface area contributed by atoms with Crippen molar-refractivity contribution in [2.75, 3.05) is 16.5 Å². The molecule has 5 N–H and O–H groups in total. The number of nitrogens with two attached hydrogens (primary N) is 1. The van der Waals surface area contributed by atoms with Gasteiger partial charge in [0.05, 0.1) is 5.56 Å². The molecule has 3 aromatic rings. The van der Waals surface area contributed by atoms with Crippen LogP contribution in [0.1, 0.15) is 15.9 Å². The molecule has 29 heavy (non-hydrogen) atoms. The molecule has 0 atom stereocenters. The Morgan fingerprint density at radius 1 is 1.00 bits per heavy atom. The molecule has 0 spiro atoms. The van der Waals surface area contributed by atoms with Crippen LogP contribution in [0, 0.1) is 5.82 Å². The lowest BCUT2D eigenvalue weighted by atomic mass is 10.2. The molecule has 150 valence electrons. The van der Waals surface area contributed by atoms with Crippen LogP contribution in [0.4, 0.5) is 40.6 Å². The third-order valence-corrected chi connectivity index (χ3v) is 3.74. The van der Waals surface area contributed by atoms with Crippen molar-refractivity contribution in [3.63, 3.8) is 0 Å². The van der Waals surface area contributed by atoms with E-state index in [-0.39, 0.29) is 28.6 Å². The number of benzene rings is 2. The molecule has 0 saturated carbocycles. The Kier molecular flexibility index (Phi) is 5.48. The van der Waals surface area contributed by atoms with Crippen molar-refractivity contribution in [2.45, 2.75) is 6.18 Å². The van der Waals surface area contributed by atoms with Crippen molar-refractivity contribution in [1.29, 1.82) is 0 Å². The monoisotopic (exact) mass is 406 g/mol. The van der Waals surface area contributed by atoms with Crippen LogP contribution in [0.3, 0.4) is 0 Å². The van der Waals surface area contributed by atoms with Gasteiger partial charge in [0.15, 0.2) is 11.6 Å². The van der Waals surface area contributed by atoms with Crippen LogP contribution in [0.5, 0.6) is 0 Å². The van der Waals surface area contributed by atoms with E-state index in [4.69, 9.17) is 5.73 Å². The van der Waals surface area contributed by atoms with Gasteiger partial charge in [-0.25, -0.2) is 14.4 Å². The highest BCUT2D eigenvalue weighted by atomic mass is 19.4. The fraction of sp³-hybridized carbons (Fsp3) is 0.0556. The van der Waals surface area contributed by atoms with Gasteiger partial charge in [0.25, 0.3) is 5.91 Å². The molecular formula is C18H14F4N6O. The summed E-state index contributed by atoms with van der Waals surface area (Å²) in [6.45, 7) is 0. The van der Waals surface area contributed by atoms with E-state index in [0.29, 0.717) is 0 Å². The first-order valence-corrected chi connectivity index (χ1v) is 8.11. The SMILES string of the molecule is Nc1c(NNC(=O)c2ccc(F)cc2)ncnc1Nc1cccc(C(F)(F)F)c1. The van der Waals surface area contributed by atoms with E-state index < -0.39 is 23.5 Å². The number of anilines is 4. The van der Waals surface area contributed by atoms with Crippen LogP contribution in [0.15, 0.2) is 54.9 Å². The molecule has 0 fully saturated rings. The molecule has 11 heteroatoms. The van der Waals surface area contributed by atoms with Crippen molar-refractivity contribution < 1.29 is 22.4 Å². The number of hydrazine groups is 1. The highest BCUT2D eigenvalue weighted by Crippen LogP contribution is 2.32. The standard InChI is InChI=1S/C18H14F4N6O/c19-12-6-4-10(5-7-12)17(29)28-27-16-14(23)15(24-9-25-16)26-13-3-1-2-11(8-13)18(20,21)22/h1-9H,23H2,(H,28,29)(H2,24,25,26,27). The molecule has 0 saturated heterocycles. The van der Waals surface area contributed by atoms with E-state index in [9.17, 15) is 22.4 Å². The van der Waals surface area contributed by atoms with E-state index in [1.165, 1.54) is 24.3 Å². The zero-order valence-electron chi connectivity index (χ0n) is 14.6. The lowest BCUT2D eigenvalue weighted by Crippen LogP contribution is -2.30. The Balaban J connectivity index is 1.73. The lowest BCUT2D eigenvalue weighted by Gasteiger charge is -2.14. The minimum absolute atomic E-state index is 0.0185. The molecule has 3 rings (SSSR count). The highest BCUT2D eigenvalue weighted by molar-refractivity contribution is 5.95. The predicted octanol–water partition coefficient (Wildman–Crippen LogP) is 3.72. The zero-order chi connectivity index (χ0) is 21.0. The average Bonchev–Trinajstić information content (AvgIpc) is 2.68. The van der Waals surface area contributed by atoms with Gasteiger partial charge in [-0.1, -0.05) is 6.07 Å². The molecule has 0 unspecified atom stereocenters. The molecule has 1 aromatic heterocycles. The third kappa shape index (κ3) is 4.89. The number of aromatic nitrogens is 2. The maximum Gasteiger partial charge on any atom is 0.416 e. The molecule has 1 heterocycles. The zero-order valence-corrected chi connectivity index (χ0v) is 14.6. The first-order chi connectivity index (χ1) is 13.7. The fourth-order valence-electron chi connectivity index (χ4n) is 2.29. The summed E-state index contributed by atoms with van der Waals surface area (Å²) in [6.07, 6.45) is -3.38. The Hall–Kier alpha value is -3.89. The molecule has 7 nitrogen and oxygen atoms in total. The maximum absolute atomic E-state index is 12.9.